The fourth-order valence-corrected chi connectivity index (χ4v) is 1.89. The summed E-state index contributed by atoms with van der Waals surface area (Å²) in [5.74, 6) is -2.00. The lowest BCUT2D eigenvalue weighted by Crippen LogP contribution is -2.29. The summed E-state index contributed by atoms with van der Waals surface area (Å²) >= 11 is 3.09. The highest BCUT2D eigenvalue weighted by Gasteiger charge is 2.26. The largest absolute Gasteiger partial charge is 0.457 e. The zero-order valence-electron chi connectivity index (χ0n) is 10.2. The van der Waals surface area contributed by atoms with Crippen LogP contribution >= 0.6 is 15.9 Å². The molecule has 0 fully saturated rings. The number of hydrogen-bond donors (Lipinski definition) is 0. The van der Waals surface area contributed by atoms with Gasteiger partial charge in [0.15, 0.2) is 0 Å². The number of esters is 1. The van der Waals surface area contributed by atoms with E-state index in [9.17, 15) is 14.0 Å². The lowest BCUT2D eigenvalue weighted by Gasteiger charge is -2.11. The minimum Gasteiger partial charge on any atom is -0.457 e. The van der Waals surface area contributed by atoms with Crippen LogP contribution in [0.2, 0.25) is 0 Å². The molecule has 0 aliphatic carbocycles. The second kappa shape index (κ2) is 6.64. The third kappa shape index (κ3) is 4.22. The monoisotopic (exact) mass is 316 g/mol. The number of hydrogen-bond acceptors (Lipinski definition) is 3. The second-order valence-corrected chi connectivity index (χ2v) is 5.19. The summed E-state index contributed by atoms with van der Waals surface area (Å²) in [6.45, 7) is 3.32. The number of rotatable bonds is 5. The van der Waals surface area contributed by atoms with Crippen molar-refractivity contribution in [1.82, 2.24) is 0 Å². The Bertz CT molecular complexity index is 446. The van der Waals surface area contributed by atoms with E-state index >= 15 is 0 Å². The number of benzene rings is 1. The van der Waals surface area contributed by atoms with E-state index < -0.39 is 22.4 Å². The van der Waals surface area contributed by atoms with Gasteiger partial charge < -0.3 is 4.74 Å². The molecule has 1 atom stereocenters. The van der Waals surface area contributed by atoms with Crippen LogP contribution < -0.4 is 0 Å². The van der Waals surface area contributed by atoms with E-state index in [0.717, 1.165) is 0 Å². The van der Waals surface area contributed by atoms with Crippen LogP contribution in [0.4, 0.5) is 4.39 Å². The Kier molecular flexibility index (Phi) is 5.47. The summed E-state index contributed by atoms with van der Waals surface area (Å²) in [4.78, 5) is 22.2. The van der Waals surface area contributed by atoms with E-state index in [1.54, 1.807) is 32.0 Å². The number of carbonyl (C=O) groups is 2. The average molecular weight is 317 g/mol. The maximum atomic E-state index is 13.4. The van der Waals surface area contributed by atoms with Gasteiger partial charge in [0.05, 0.1) is 10.9 Å². The zero-order chi connectivity index (χ0) is 13.7. The molecule has 1 aromatic rings. The Balaban J connectivity index is 2.66. The van der Waals surface area contributed by atoms with E-state index in [1.807, 2.05) is 0 Å². The molecule has 5 heteroatoms. The molecule has 0 bridgehead atoms. The molecule has 0 saturated carbocycles. The first-order valence-corrected chi connectivity index (χ1v) is 6.45. The number of carbonyl (C=O) groups excluding carboxylic acids is 2. The molecule has 1 rings (SSSR count). The summed E-state index contributed by atoms with van der Waals surface area (Å²) in [7, 11) is 0. The Morgan fingerprint density at radius 2 is 1.94 bits per heavy atom. The molecule has 0 N–H and O–H groups in total. The van der Waals surface area contributed by atoms with E-state index in [2.05, 4.69) is 15.9 Å². The third-order valence-electron chi connectivity index (χ3n) is 2.19. The van der Waals surface area contributed by atoms with Crippen LogP contribution in [-0.4, -0.2) is 22.7 Å². The van der Waals surface area contributed by atoms with Crippen molar-refractivity contribution in [3.8, 4) is 0 Å². The van der Waals surface area contributed by atoms with Crippen LogP contribution in [-0.2, 0) is 20.7 Å². The highest BCUT2D eigenvalue weighted by molar-refractivity contribution is 9.10. The number of alkyl halides is 1. The van der Waals surface area contributed by atoms with E-state index in [0.29, 0.717) is 5.56 Å². The van der Waals surface area contributed by atoms with Gasteiger partial charge in [0, 0.05) is 0 Å². The van der Waals surface area contributed by atoms with Gasteiger partial charge in [-0.05, 0) is 31.9 Å². The minimum absolute atomic E-state index is 0.110. The smallest absolute Gasteiger partial charge is 0.376 e. The third-order valence-corrected chi connectivity index (χ3v) is 2.92. The predicted octanol–water partition coefficient (Wildman–Crippen LogP) is 2.65. The summed E-state index contributed by atoms with van der Waals surface area (Å²) in [6, 6.07) is 6.13. The first-order valence-electron chi connectivity index (χ1n) is 5.54. The molecule has 0 spiro atoms. The maximum Gasteiger partial charge on any atom is 0.376 e. The Morgan fingerprint density at radius 3 is 2.50 bits per heavy atom. The Morgan fingerprint density at radius 1 is 1.33 bits per heavy atom. The molecule has 1 unspecified atom stereocenters. The van der Waals surface area contributed by atoms with Crippen molar-refractivity contribution in [3.05, 3.63) is 35.6 Å². The molecule has 0 saturated heterocycles. The van der Waals surface area contributed by atoms with Gasteiger partial charge in [0.25, 0.3) is 5.78 Å². The molecule has 0 heterocycles. The number of Topliss-reactive ketones (excluding diaryl/α,β-unsaturated/α-hetero) is 1. The van der Waals surface area contributed by atoms with Crippen molar-refractivity contribution in [3.63, 3.8) is 0 Å². The fraction of sp³-hybridized carbons (Fsp3) is 0.385. The molecular weight excluding hydrogens is 303 g/mol. The van der Waals surface area contributed by atoms with Gasteiger partial charge in [-0.1, -0.05) is 34.1 Å². The van der Waals surface area contributed by atoms with E-state index in [1.165, 1.54) is 6.07 Å². The van der Waals surface area contributed by atoms with Crippen molar-refractivity contribution < 1.29 is 18.7 Å². The second-order valence-electron chi connectivity index (χ2n) is 4.08. The minimum atomic E-state index is -0.900. The van der Waals surface area contributed by atoms with E-state index in [-0.39, 0.29) is 12.5 Å². The van der Waals surface area contributed by atoms with Crippen LogP contribution in [0.15, 0.2) is 24.3 Å². The average Bonchev–Trinajstić information content (AvgIpc) is 2.30. The molecule has 1 aromatic carbocycles. The number of ketones is 1. The van der Waals surface area contributed by atoms with Gasteiger partial charge in [0.2, 0.25) is 0 Å². The summed E-state index contributed by atoms with van der Waals surface area (Å²) in [5.41, 5.74) is 0.380. The highest BCUT2D eigenvalue weighted by Crippen LogP contribution is 2.15. The van der Waals surface area contributed by atoms with Crippen LogP contribution in [0.25, 0.3) is 0 Å². The standard InChI is InChI=1S/C13H14BrFO3/c1-8(2)18-13(17)12(16)10(14)7-9-5-3-4-6-11(9)15/h3-6,8,10H,7H2,1-2H3. The van der Waals surface area contributed by atoms with Crippen molar-refractivity contribution >= 4 is 27.7 Å². The molecule has 3 nitrogen and oxygen atoms in total. The molecule has 0 aliphatic heterocycles. The Hall–Kier alpha value is -1.23. The maximum absolute atomic E-state index is 13.4. The van der Waals surface area contributed by atoms with Gasteiger partial charge in [-0.25, -0.2) is 9.18 Å². The zero-order valence-corrected chi connectivity index (χ0v) is 11.7. The van der Waals surface area contributed by atoms with Crippen molar-refractivity contribution in [2.24, 2.45) is 0 Å². The van der Waals surface area contributed by atoms with Crippen molar-refractivity contribution in [2.45, 2.75) is 31.2 Å². The van der Waals surface area contributed by atoms with Gasteiger partial charge in [-0.2, -0.15) is 0 Å². The summed E-state index contributed by atoms with van der Waals surface area (Å²) < 4.78 is 18.2. The van der Waals surface area contributed by atoms with Gasteiger partial charge in [-0.15, -0.1) is 0 Å². The molecule has 18 heavy (non-hydrogen) atoms. The van der Waals surface area contributed by atoms with E-state index in [4.69, 9.17) is 4.74 Å². The molecule has 0 radical (unpaired) electrons. The lowest BCUT2D eigenvalue weighted by atomic mass is 10.1. The topological polar surface area (TPSA) is 43.4 Å². The SMILES string of the molecule is CC(C)OC(=O)C(=O)C(Br)Cc1ccccc1F. The van der Waals surface area contributed by atoms with Gasteiger partial charge >= 0.3 is 5.97 Å². The first-order chi connectivity index (χ1) is 8.41. The van der Waals surface area contributed by atoms with Crippen LogP contribution in [0.3, 0.4) is 0 Å². The van der Waals surface area contributed by atoms with Crippen molar-refractivity contribution in [2.75, 3.05) is 0 Å². The molecule has 0 amide bonds. The van der Waals surface area contributed by atoms with Gasteiger partial charge in [-0.3, -0.25) is 4.79 Å². The Labute approximate surface area is 113 Å². The molecule has 98 valence electrons. The number of ether oxygens (including phenoxy) is 1. The summed E-state index contributed by atoms with van der Waals surface area (Å²) in [5, 5.41) is 0. The van der Waals surface area contributed by atoms with Crippen LogP contribution in [0.5, 0.6) is 0 Å². The quantitative estimate of drug-likeness (QED) is 0.476. The number of halogens is 2. The molecular formula is C13H14BrFO3. The van der Waals surface area contributed by atoms with Crippen LogP contribution in [0.1, 0.15) is 19.4 Å². The van der Waals surface area contributed by atoms with Crippen molar-refractivity contribution in [1.29, 1.82) is 0 Å². The highest BCUT2D eigenvalue weighted by atomic mass is 79.9. The molecule has 0 aliphatic rings. The van der Waals surface area contributed by atoms with Crippen LogP contribution in [0, 0.1) is 5.82 Å². The normalized spacial score (nSPS) is 12.3. The fourth-order valence-electron chi connectivity index (χ4n) is 1.35. The predicted molar refractivity (Wildman–Crippen MR) is 69.1 cm³/mol. The summed E-state index contributed by atoms with van der Waals surface area (Å²) in [6.07, 6.45) is -0.242. The van der Waals surface area contributed by atoms with Gasteiger partial charge in [0.1, 0.15) is 5.82 Å². The molecule has 0 aromatic heterocycles. The first kappa shape index (κ1) is 14.8. The lowest BCUT2D eigenvalue weighted by molar-refractivity contribution is -0.156.